The van der Waals surface area contributed by atoms with Crippen molar-refractivity contribution in [3.05, 3.63) is 42.1 Å². The molecule has 0 radical (unpaired) electrons. The van der Waals surface area contributed by atoms with E-state index in [4.69, 9.17) is 10.2 Å². The lowest BCUT2D eigenvalue weighted by atomic mass is 10.1. The van der Waals surface area contributed by atoms with Crippen LogP contribution in [-0.4, -0.2) is 9.97 Å². The van der Waals surface area contributed by atoms with E-state index >= 15 is 0 Å². The molecule has 86 valence electrons. The lowest BCUT2D eigenvalue weighted by Crippen LogP contribution is -1.95. The first-order chi connectivity index (χ1) is 8.29. The van der Waals surface area contributed by atoms with Crippen LogP contribution in [0.3, 0.4) is 0 Å². The number of hydrogen-bond acceptors (Lipinski definition) is 3. The van der Waals surface area contributed by atoms with Gasteiger partial charge in [0.2, 0.25) is 5.89 Å². The van der Waals surface area contributed by atoms with Crippen LogP contribution >= 0.6 is 0 Å². The summed E-state index contributed by atoms with van der Waals surface area (Å²) in [5.74, 6) is 0.560. The van der Waals surface area contributed by atoms with E-state index in [0.29, 0.717) is 12.4 Å². The summed E-state index contributed by atoms with van der Waals surface area (Å²) in [7, 11) is 0. The van der Waals surface area contributed by atoms with Crippen LogP contribution in [-0.2, 0) is 6.54 Å². The third-order valence-electron chi connectivity index (χ3n) is 2.88. The van der Waals surface area contributed by atoms with Gasteiger partial charge >= 0.3 is 0 Å². The van der Waals surface area contributed by atoms with Crippen molar-refractivity contribution >= 4 is 10.9 Å². The van der Waals surface area contributed by atoms with Gasteiger partial charge in [0.05, 0.1) is 6.54 Å². The molecular formula is C13H13N3O. The Hall–Kier alpha value is -2.07. The number of aryl methyl sites for hydroxylation is 1. The van der Waals surface area contributed by atoms with Crippen molar-refractivity contribution in [2.75, 3.05) is 0 Å². The van der Waals surface area contributed by atoms with Gasteiger partial charge in [0.25, 0.3) is 0 Å². The summed E-state index contributed by atoms with van der Waals surface area (Å²) in [5, 5.41) is 1.15. The molecule has 0 aliphatic carbocycles. The van der Waals surface area contributed by atoms with Gasteiger partial charge in [0.15, 0.2) is 0 Å². The van der Waals surface area contributed by atoms with Crippen molar-refractivity contribution in [3.63, 3.8) is 0 Å². The average Bonchev–Trinajstić information content (AvgIpc) is 2.91. The van der Waals surface area contributed by atoms with Crippen LogP contribution in [0.2, 0.25) is 0 Å². The minimum Gasteiger partial charge on any atom is -0.447 e. The highest BCUT2D eigenvalue weighted by molar-refractivity contribution is 5.96. The van der Waals surface area contributed by atoms with Crippen molar-refractivity contribution in [2.24, 2.45) is 5.73 Å². The van der Waals surface area contributed by atoms with E-state index < -0.39 is 0 Å². The number of rotatable bonds is 2. The molecule has 3 aromatic rings. The first kappa shape index (κ1) is 10.1. The number of benzene rings is 1. The molecule has 0 bridgehead atoms. The number of hydrogen-bond donors (Lipinski definition) is 2. The van der Waals surface area contributed by atoms with Crippen LogP contribution in [0.5, 0.6) is 0 Å². The number of aromatic nitrogens is 2. The Morgan fingerprint density at radius 1 is 1.35 bits per heavy atom. The van der Waals surface area contributed by atoms with E-state index in [0.717, 1.165) is 27.9 Å². The number of nitrogens with two attached hydrogens (primary N) is 1. The second-order valence-corrected chi connectivity index (χ2v) is 4.00. The quantitative estimate of drug-likeness (QED) is 0.707. The number of para-hydroxylation sites is 1. The summed E-state index contributed by atoms with van der Waals surface area (Å²) in [6.45, 7) is 2.35. The van der Waals surface area contributed by atoms with Crippen molar-refractivity contribution < 1.29 is 4.42 Å². The largest absolute Gasteiger partial charge is 0.447 e. The third kappa shape index (κ3) is 1.54. The van der Waals surface area contributed by atoms with Gasteiger partial charge in [-0.2, -0.15) is 0 Å². The summed E-state index contributed by atoms with van der Waals surface area (Å²) >= 11 is 0. The molecule has 0 atom stereocenters. The monoisotopic (exact) mass is 227 g/mol. The molecule has 1 aromatic carbocycles. The molecule has 0 amide bonds. The number of H-pyrrole nitrogens is 1. The molecule has 17 heavy (non-hydrogen) atoms. The smallest absolute Gasteiger partial charge is 0.208 e. The fourth-order valence-electron chi connectivity index (χ4n) is 2.13. The molecule has 0 fully saturated rings. The highest BCUT2D eigenvalue weighted by atomic mass is 16.3. The number of oxazole rings is 1. The number of nitrogens with zero attached hydrogens (tertiary/aromatic N) is 1. The van der Waals surface area contributed by atoms with Crippen LogP contribution in [0.25, 0.3) is 22.2 Å². The highest BCUT2D eigenvalue weighted by Crippen LogP contribution is 2.31. The molecule has 3 N–H and O–H groups in total. The van der Waals surface area contributed by atoms with Crippen molar-refractivity contribution in [1.82, 2.24) is 9.97 Å². The zero-order valence-corrected chi connectivity index (χ0v) is 9.53. The average molecular weight is 227 g/mol. The van der Waals surface area contributed by atoms with Crippen LogP contribution in [0.15, 0.2) is 34.9 Å². The van der Waals surface area contributed by atoms with Crippen molar-refractivity contribution in [2.45, 2.75) is 13.5 Å². The maximum absolute atomic E-state index is 5.50. The van der Waals surface area contributed by atoms with E-state index in [1.54, 1.807) is 6.26 Å². The first-order valence-corrected chi connectivity index (χ1v) is 5.51. The van der Waals surface area contributed by atoms with Gasteiger partial charge in [0.1, 0.15) is 12.0 Å². The van der Waals surface area contributed by atoms with Gasteiger partial charge in [-0.25, -0.2) is 4.98 Å². The molecule has 0 aliphatic rings. The summed E-state index contributed by atoms with van der Waals surface area (Å²) < 4.78 is 5.29. The summed E-state index contributed by atoms with van der Waals surface area (Å²) in [6, 6.07) is 8.15. The minimum absolute atomic E-state index is 0.321. The molecule has 2 aromatic heterocycles. The molecule has 0 aliphatic heterocycles. The van der Waals surface area contributed by atoms with E-state index in [1.807, 2.05) is 19.1 Å². The first-order valence-electron chi connectivity index (χ1n) is 5.51. The van der Waals surface area contributed by atoms with Gasteiger partial charge in [-0.1, -0.05) is 18.2 Å². The maximum atomic E-state index is 5.50. The van der Waals surface area contributed by atoms with Crippen LogP contribution < -0.4 is 5.73 Å². The predicted molar refractivity (Wildman–Crippen MR) is 66.4 cm³/mol. The lowest BCUT2D eigenvalue weighted by Gasteiger charge is -1.94. The van der Waals surface area contributed by atoms with Crippen molar-refractivity contribution in [3.8, 4) is 11.3 Å². The normalized spacial score (nSPS) is 11.2. The topological polar surface area (TPSA) is 67.8 Å². The van der Waals surface area contributed by atoms with Crippen LogP contribution in [0, 0.1) is 6.92 Å². The molecule has 4 heteroatoms. The molecule has 0 saturated carbocycles. The highest BCUT2D eigenvalue weighted by Gasteiger charge is 2.13. The van der Waals surface area contributed by atoms with E-state index in [1.165, 1.54) is 0 Å². The Balaban J connectivity index is 2.25. The van der Waals surface area contributed by atoms with Gasteiger partial charge in [-0.3, -0.25) is 0 Å². The molecule has 0 spiro atoms. The Morgan fingerprint density at radius 2 is 2.18 bits per heavy atom. The van der Waals surface area contributed by atoms with Gasteiger partial charge in [-0.05, 0) is 13.0 Å². The summed E-state index contributed by atoms with van der Waals surface area (Å²) in [5.41, 5.74) is 9.62. The molecule has 0 saturated heterocycles. The molecule has 0 unspecified atom stereocenters. The van der Waals surface area contributed by atoms with Crippen LogP contribution in [0.4, 0.5) is 0 Å². The van der Waals surface area contributed by atoms with E-state index in [2.05, 4.69) is 22.1 Å². The zero-order chi connectivity index (χ0) is 11.8. The Labute approximate surface area is 98.5 Å². The van der Waals surface area contributed by atoms with Gasteiger partial charge < -0.3 is 15.1 Å². The predicted octanol–water partition coefficient (Wildman–Crippen LogP) is 2.59. The van der Waals surface area contributed by atoms with Crippen LogP contribution in [0.1, 0.15) is 11.6 Å². The third-order valence-corrected chi connectivity index (χ3v) is 2.88. The number of aromatic amines is 1. The zero-order valence-electron chi connectivity index (χ0n) is 9.53. The second kappa shape index (κ2) is 3.75. The Kier molecular flexibility index (Phi) is 2.23. The maximum Gasteiger partial charge on any atom is 0.208 e. The lowest BCUT2D eigenvalue weighted by molar-refractivity contribution is 0.498. The molecule has 4 nitrogen and oxygen atoms in total. The molecular weight excluding hydrogens is 214 g/mol. The Bertz CT molecular complexity index is 666. The fraction of sp³-hybridized carbons (Fsp3) is 0.154. The minimum atomic E-state index is 0.321. The Morgan fingerprint density at radius 3 is 2.94 bits per heavy atom. The summed E-state index contributed by atoms with van der Waals surface area (Å²) in [4.78, 5) is 7.71. The second-order valence-electron chi connectivity index (χ2n) is 4.00. The number of fused-ring (bicyclic) bond motifs is 1. The standard InChI is InChI=1S/C13H13N3O/c1-8-13(11-7-17-12(6-14)16-11)9-4-2-3-5-10(9)15-8/h2-5,7,15H,6,14H2,1H3. The molecule has 2 heterocycles. The fourth-order valence-corrected chi connectivity index (χ4v) is 2.13. The molecule has 3 rings (SSSR count). The van der Waals surface area contributed by atoms with Gasteiger partial charge in [0, 0.05) is 22.2 Å². The SMILES string of the molecule is Cc1[nH]c2ccccc2c1-c1coc(CN)n1. The van der Waals surface area contributed by atoms with E-state index in [-0.39, 0.29) is 0 Å². The van der Waals surface area contributed by atoms with E-state index in [9.17, 15) is 0 Å². The number of nitrogens with one attached hydrogen (secondary N) is 1. The van der Waals surface area contributed by atoms with Gasteiger partial charge in [-0.15, -0.1) is 0 Å². The summed E-state index contributed by atoms with van der Waals surface area (Å²) in [6.07, 6.45) is 1.66. The van der Waals surface area contributed by atoms with Crippen molar-refractivity contribution in [1.29, 1.82) is 0 Å².